The fourth-order valence-electron chi connectivity index (χ4n) is 1.07. The van der Waals surface area contributed by atoms with Crippen molar-refractivity contribution in [1.29, 1.82) is 0 Å². The first-order valence-electron chi connectivity index (χ1n) is 3.34. The molecule has 1 saturated heterocycles. The molecule has 1 heterocycles. The molecule has 1 aliphatic rings. The second-order valence-electron chi connectivity index (χ2n) is 3.05. The van der Waals surface area contributed by atoms with Gasteiger partial charge in [0, 0.05) is 23.1 Å². The van der Waals surface area contributed by atoms with Crippen molar-refractivity contribution < 1.29 is 31.1 Å². The third kappa shape index (κ3) is 0.912. The lowest BCUT2D eigenvalue weighted by atomic mass is 10.4. The van der Waals surface area contributed by atoms with Gasteiger partial charge in [0.15, 0.2) is 0 Å². The predicted molar refractivity (Wildman–Crippen MR) is 34.6 cm³/mol. The molecule has 1 fully saturated rings. The molecule has 0 amide bonds. The van der Waals surface area contributed by atoms with Crippen molar-refractivity contribution in [2.75, 3.05) is 14.1 Å². The second-order valence-corrected chi connectivity index (χ2v) is 3.53. The van der Waals surface area contributed by atoms with Crippen LogP contribution in [0.5, 0.6) is 0 Å². The summed E-state index contributed by atoms with van der Waals surface area (Å²) in [4.78, 5) is -0.846. The maximum absolute atomic E-state index is 13.1. The van der Waals surface area contributed by atoms with Crippen molar-refractivity contribution in [3.05, 3.63) is 0 Å². The predicted octanol–water partition coefficient (Wildman–Crippen LogP) is 2.27. The highest BCUT2D eigenvalue weighted by molar-refractivity contribution is 6.21. The van der Waals surface area contributed by atoms with Crippen LogP contribution < -0.4 is 0 Å². The molecule has 0 radical (unpaired) electrons. The Morgan fingerprint density at radius 2 is 1.50 bits per heavy atom. The van der Waals surface area contributed by atoms with Gasteiger partial charge in [-0.2, -0.15) is 8.78 Å². The Morgan fingerprint density at radius 1 is 1.14 bits per heavy atom. The highest BCUT2D eigenvalue weighted by Gasteiger charge is 2.91. The fraction of sp³-hybridized carbons (Fsp3) is 1.00. The Labute approximate surface area is 80.2 Å². The van der Waals surface area contributed by atoms with Crippen LogP contribution in [0.4, 0.5) is 26.4 Å². The second kappa shape index (κ2) is 2.48. The van der Waals surface area contributed by atoms with Crippen LogP contribution in [0.3, 0.4) is 0 Å². The van der Waals surface area contributed by atoms with Gasteiger partial charge in [0.1, 0.15) is 7.05 Å². The first-order valence-corrected chi connectivity index (χ1v) is 3.72. The highest BCUT2D eigenvalue weighted by Crippen LogP contribution is 2.58. The van der Waals surface area contributed by atoms with Gasteiger partial charge in [-0.15, -0.1) is 18.1 Å². The average molecular weight is 244 g/mol. The number of hydrogen-bond donors (Lipinski definition) is 0. The Morgan fingerprint density at radius 3 is 1.57 bits per heavy atom. The van der Waals surface area contributed by atoms with E-state index in [9.17, 15) is 26.4 Å². The summed E-state index contributed by atoms with van der Waals surface area (Å²) in [6.45, 7) is 0. The SMILES string of the molecule is CN1C(F)(F)C(F)(F)[N+](C)(F)C1(F)Cl. The van der Waals surface area contributed by atoms with E-state index in [4.69, 9.17) is 0 Å². The zero-order chi connectivity index (χ0) is 11.6. The van der Waals surface area contributed by atoms with Crippen LogP contribution in [0, 0.1) is 0 Å². The lowest BCUT2D eigenvalue weighted by Gasteiger charge is -2.26. The third-order valence-electron chi connectivity index (χ3n) is 2.22. The molecule has 1 rings (SSSR count). The summed E-state index contributed by atoms with van der Waals surface area (Å²) < 4.78 is 73.6. The number of rotatable bonds is 0. The van der Waals surface area contributed by atoms with Gasteiger partial charge in [-0.25, -0.2) is 0 Å². The molecule has 2 atom stereocenters. The summed E-state index contributed by atoms with van der Waals surface area (Å²) in [7, 11) is 0.203. The van der Waals surface area contributed by atoms with Crippen LogP contribution in [-0.2, 0) is 0 Å². The summed E-state index contributed by atoms with van der Waals surface area (Å²) in [5.41, 5.74) is 0. The molecule has 14 heavy (non-hydrogen) atoms. The van der Waals surface area contributed by atoms with Crippen LogP contribution in [0.25, 0.3) is 0 Å². The molecule has 0 spiro atoms. The molecule has 0 saturated carbocycles. The fourth-order valence-corrected chi connectivity index (χ4v) is 1.29. The molecule has 0 aromatic carbocycles. The molecule has 0 aromatic rings. The number of halogens is 7. The molecule has 0 aromatic heterocycles. The van der Waals surface area contributed by atoms with E-state index >= 15 is 0 Å². The quantitative estimate of drug-likeness (QED) is 0.273. The number of likely N-dealkylation sites (N-methyl/N-ethyl adjacent to an activating group) is 2. The first kappa shape index (κ1) is 11.9. The van der Waals surface area contributed by atoms with Crippen molar-refractivity contribution in [2.24, 2.45) is 0 Å². The van der Waals surface area contributed by atoms with Gasteiger partial charge in [0.25, 0.3) is 0 Å². The van der Waals surface area contributed by atoms with E-state index in [1.165, 1.54) is 0 Å². The standard InChI is InChI=1S/C5H6ClF6N2/c1-13-3(7,8)4(9,10)14(2,12)5(13,6)11/h1-2H3/q+1. The minimum atomic E-state index is -5.25. The third-order valence-corrected chi connectivity index (χ3v) is 2.79. The first-order chi connectivity index (χ1) is 5.90. The molecule has 2 nitrogen and oxygen atoms in total. The molecule has 9 heteroatoms. The van der Waals surface area contributed by atoms with Crippen LogP contribution >= 0.6 is 11.6 Å². The summed E-state index contributed by atoms with van der Waals surface area (Å²) >= 11 is 4.68. The summed E-state index contributed by atoms with van der Waals surface area (Å²) in [6, 6.07) is -10.2. The monoisotopic (exact) mass is 243 g/mol. The van der Waals surface area contributed by atoms with E-state index in [-0.39, 0.29) is 14.1 Å². The van der Waals surface area contributed by atoms with E-state index in [2.05, 4.69) is 11.6 Å². The summed E-state index contributed by atoms with van der Waals surface area (Å²) in [5, 5.41) is -4.01. The Kier molecular flexibility index (Phi) is 2.10. The number of nitrogens with zero attached hydrogens (tertiary/aromatic N) is 2. The highest BCUT2D eigenvalue weighted by atomic mass is 35.5. The van der Waals surface area contributed by atoms with E-state index < -0.39 is 27.1 Å². The van der Waals surface area contributed by atoms with Gasteiger partial charge < -0.3 is 0 Å². The molecule has 1 aliphatic heterocycles. The Balaban J connectivity index is 3.38. The normalized spacial score (nSPS) is 46.9. The van der Waals surface area contributed by atoms with E-state index in [0.29, 0.717) is 0 Å². The lowest BCUT2D eigenvalue weighted by Crippen LogP contribution is -2.57. The topological polar surface area (TPSA) is 3.24 Å². The minimum absolute atomic E-state index is 0.0651. The van der Waals surface area contributed by atoms with Gasteiger partial charge in [-0.3, -0.25) is 0 Å². The number of alkyl halides is 6. The van der Waals surface area contributed by atoms with Gasteiger partial charge >= 0.3 is 17.5 Å². The van der Waals surface area contributed by atoms with Crippen molar-refractivity contribution in [3.63, 3.8) is 0 Å². The smallest absolute Gasteiger partial charge is 0.173 e. The van der Waals surface area contributed by atoms with E-state index in [1.807, 2.05) is 0 Å². The van der Waals surface area contributed by atoms with Crippen molar-refractivity contribution in [2.45, 2.75) is 17.5 Å². The largest absolute Gasteiger partial charge is 0.511 e. The van der Waals surface area contributed by atoms with Crippen molar-refractivity contribution in [3.8, 4) is 0 Å². The maximum Gasteiger partial charge on any atom is 0.511 e. The molecular formula is C5H6ClF6N2+. The lowest BCUT2D eigenvalue weighted by molar-refractivity contribution is -1.14. The Hall–Kier alpha value is -0.210. The molecular weight excluding hydrogens is 238 g/mol. The van der Waals surface area contributed by atoms with Gasteiger partial charge in [0.2, 0.25) is 0 Å². The van der Waals surface area contributed by atoms with Crippen LogP contribution in [0.15, 0.2) is 0 Å². The summed E-state index contributed by atoms with van der Waals surface area (Å²) in [6.07, 6.45) is 0. The molecule has 2 unspecified atom stereocenters. The summed E-state index contributed by atoms with van der Waals surface area (Å²) in [5.74, 6) is 0. The van der Waals surface area contributed by atoms with E-state index in [0.717, 1.165) is 0 Å². The number of hydrogen-bond acceptors (Lipinski definition) is 1. The number of quaternary nitrogens is 1. The molecule has 0 bridgehead atoms. The minimum Gasteiger partial charge on any atom is -0.173 e. The van der Waals surface area contributed by atoms with Crippen molar-refractivity contribution >= 4 is 11.6 Å². The van der Waals surface area contributed by atoms with Gasteiger partial charge in [-0.05, 0) is 4.71 Å². The van der Waals surface area contributed by atoms with Gasteiger partial charge in [-0.1, -0.05) is 0 Å². The van der Waals surface area contributed by atoms with Crippen LogP contribution in [0.2, 0.25) is 0 Å². The average Bonchev–Trinajstić information content (AvgIpc) is 2.05. The zero-order valence-corrected chi connectivity index (χ0v) is 7.80. The molecule has 0 aliphatic carbocycles. The maximum atomic E-state index is 13.1. The molecule has 84 valence electrons. The van der Waals surface area contributed by atoms with Crippen LogP contribution in [0.1, 0.15) is 0 Å². The molecule has 0 N–H and O–H groups in total. The van der Waals surface area contributed by atoms with Crippen LogP contribution in [-0.4, -0.2) is 41.2 Å². The zero-order valence-electron chi connectivity index (χ0n) is 7.04. The van der Waals surface area contributed by atoms with Gasteiger partial charge in [0.05, 0.1) is 0 Å². The van der Waals surface area contributed by atoms with Crippen molar-refractivity contribution in [1.82, 2.24) is 4.90 Å². The van der Waals surface area contributed by atoms with E-state index in [1.54, 1.807) is 0 Å². The Bertz CT molecular complexity index is 239.